The number of aliphatic hydroxyl groups is 1. The fraction of sp³-hybridized carbons (Fsp3) is 0.556. The summed E-state index contributed by atoms with van der Waals surface area (Å²) in [6.07, 6.45) is -1.62. The average Bonchev–Trinajstić information content (AvgIpc) is 2.72. The van der Waals surface area contributed by atoms with Gasteiger partial charge < -0.3 is 0 Å². The molecule has 0 amide bonds. The molecule has 1 aromatic heterocycles. The second-order valence-corrected chi connectivity index (χ2v) is 6.65. The topological polar surface area (TPSA) is 151 Å². The number of nitrogens with one attached hydrogen (secondary N) is 1. The van der Waals surface area contributed by atoms with Gasteiger partial charge in [-0.15, -0.1) is 0 Å². The number of phosphoric acid groups is 1. The number of ether oxygens (including phenoxy) is 1. The Morgan fingerprint density at radius 3 is 2.81 bits per heavy atom. The molecule has 118 valence electrons. The number of hydrogen-bond acceptors (Lipinski definition) is 6. The molecule has 0 unspecified atom stereocenters. The van der Waals surface area contributed by atoms with E-state index in [1.807, 2.05) is 16.0 Å². The van der Waals surface area contributed by atoms with Gasteiger partial charge in [-0.05, 0) is 0 Å². The predicted octanol–water partition coefficient (Wildman–Crippen LogP) is -3.18. The van der Waals surface area contributed by atoms with Crippen LogP contribution in [0.1, 0.15) is 12.6 Å². The van der Waals surface area contributed by atoms with Gasteiger partial charge in [0.1, 0.15) is 0 Å². The Labute approximate surface area is 125 Å². The molecule has 0 spiro atoms. The normalized spacial score (nSPS) is 26.2. The summed E-state index contributed by atoms with van der Waals surface area (Å²) in [4.78, 5) is 42.3. The first-order chi connectivity index (χ1) is 9.67. The molecule has 10 nitrogen and oxygen atoms in total. The van der Waals surface area contributed by atoms with Crippen LogP contribution in [-0.2, 0) is 13.8 Å². The predicted molar refractivity (Wildman–Crippen MR) is 70.6 cm³/mol. The van der Waals surface area contributed by atoms with Crippen LogP contribution in [0.5, 0.6) is 0 Å². The zero-order chi connectivity index (χ0) is 15.8. The summed E-state index contributed by atoms with van der Waals surface area (Å²) in [5, 5.41) is 9.78. The zero-order valence-electron chi connectivity index (χ0n) is 10.4. The Hall–Kier alpha value is -0.771. The zero-order valence-corrected chi connectivity index (χ0v) is 13.2. The van der Waals surface area contributed by atoms with Gasteiger partial charge in [-0.25, -0.2) is 0 Å². The molecule has 0 bridgehead atoms. The molecule has 1 aromatic rings. The first-order valence-electron chi connectivity index (χ1n) is 5.75. The average molecular weight is 387 g/mol. The van der Waals surface area contributed by atoms with Crippen LogP contribution in [0.3, 0.4) is 0 Å². The fourth-order valence-electron chi connectivity index (χ4n) is 1.90. The molecule has 0 aliphatic carbocycles. The van der Waals surface area contributed by atoms with Crippen molar-refractivity contribution >= 4 is 28.3 Å². The number of aliphatic hydroxyl groups excluding tert-OH is 1. The van der Waals surface area contributed by atoms with Gasteiger partial charge in [0.05, 0.1) is 0 Å². The van der Waals surface area contributed by atoms with Crippen LogP contribution in [0.2, 0.25) is 0 Å². The summed E-state index contributed by atoms with van der Waals surface area (Å²) in [5.74, 6) is 0. The number of aromatic amines is 1. The van der Waals surface area contributed by atoms with Crippen molar-refractivity contribution in [2.45, 2.75) is 24.9 Å². The minimum absolute atomic E-state index is 0.0214. The number of aromatic nitrogens is 2. The van der Waals surface area contributed by atoms with E-state index in [4.69, 9.17) is 14.5 Å². The van der Waals surface area contributed by atoms with E-state index in [9.17, 15) is 19.3 Å². The van der Waals surface area contributed by atoms with Crippen molar-refractivity contribution in [3.8, 4) is 0 Å². The summed E-state index contributed by atoms with van der Waals surface area (Å²) in [6, 6.07) is 0. The molecule has 4 N–H and O–H groups in total. The van der Waals surface area contributed by atoms with E-state index in [2.05, 4.69) is 9.51 Å². The van der Waals surface area contributed by atoms with Crippen molar-refractivity contribution in [2.75, 3.05) is 6.61 Å². The van der Waals surface area contributed by atoms with Crippen molar-refractivity contribution in [2.24, 2.45) is 0 Å². The minimum atomic E-state index is -4.67. The van der Waals surface area contributed by atoms with Crippen molar-refractivity contribution in [1.82, 2.24) is 9.55 Å². The molecule has 0 aromatic carbocycles. The van der Waals surface area contributed by atoms with E-state index < -0.39 is 44.1 Å². The molecular weight excluding hydrogens is 374 g/mol. The molecule has 12 heteroatoms. The van der Waals surface area contributed by atoms with Gasteiger partial charge in [0, 0.05) is 0 Å². The first-order valence-corrected chi connectivity index (χ1v) is 8.22. The van der Waals surface area contributed by atoms with E-state index in [1.54, 1.807) is 0 Å². The van der Waals surface area contributed by atoms with Gasteiger partial charge in [0.2, 0.25) is 0 Å². The molecule has 1 saturated heterocycles. The van der Waals surface area contributed by atoms with Gasteiger partial charge in [0.15, 0.2) is 0 Å². The maximum absolute atomic E-state index is 11.7. The number of rotatable bonds is 4. The van der Waals surface area contributed by atoms with Crippen LogP contribution in [-0.4, -0.2) is 59.3 Å². The van der Waals surface area contributed by atoms with Gasteiger partial charge in [-0.2, -0.15) is 0 Å². The first kappa shape index (κ1) is 16.6. The monoisotopic (exact) mass is 388 g/mol. The molecule has 21 heavy (non-hydrogen) atoms. The molecule has 2 rings (SSSR count). The Bertz CT molecular complexity index is 681. The van der Waals surface area contributed by atoms with Crippen molar-refractivity contribution in [1.29, 1.82) is 0 Å². The number of phosphoric ester groups is 1. The van der Waals surface area contributed by atoms with E-state index in [1.165, 1.54) is 6.20 Å². The third-order valence-electron chi connectivity index (χ3n) is 2.87. The van der Waals surface area contributed by atoms with Gasteiger partial charge >= 0.3 is 125 Å². The molecule has 0 saturated carbocycles. The van der Waals surface area contributed by atoms with Crippen LogP contribution < -0.4 is 15.7 Å². The van der Waals surface area contributed by atoms with Gasteiger partial charge in [-0.1, -0.05) is 0 Å². The summed E-state index contributed by atoms with van der Waals surface area (Å²) < 4.78 is 21.6. The van der Waals surface area contributed by atoms with Crippen LogP contribution in [0.25, 0.3) is 0 Å². The summed E-state index contributed by atoms with van der Waals surface area (Å²) >= 11 is 1.99. The second-order valence-electron chi connectivity index (χ2n) is 4.40. The van der Waals surface area contributed by atoms with Crippen molar-refractivity contribution < 1.29 is 28.7 Å². The van der Waals surface area contributed by atoms with E-state index in [0.29, 0.717) is 0 Å². The molecule has 0 radical (unpaired) electrons. The summed E-state index contributed by atoms with van der Waals surface area (Å²) in [7, 11) is -4.67. The Morgan fingerprint density at radius 2 is 2.19 bits per heavy atom. The fourth-order valence-corrected chi connectivity index (χ4v) is 2.61. The van der Waals surface area contributed by atoms with Gasteiger partial charge in [0.25, 0.3) is 0 Å². The van der Waals surface area contributed by atoms with Crippen molar-refractivity contribution in [3.63, 3.8) is 0 Å². The van der Waals surface area contributed by atoms with Gasteiger partial charge in [-0.3, -0.25) is 0 Å². The summed E-state index contributed by atoms with van der Waals surface area (Å²) in [6.45, 7) is -0.519. The molecule has 1 fully saturated rings. The van der Waals surface area contributed by atoms with Crippen LogP contribution in [0, 0.1) is 0 Å². The summed E-state index contributed by atoms with van der Waals surface area (Å²) in [5.41, 5.74) is -1.25. The van der Waals surface area contributed by atoms with E-state index >= 15 is 0 Å². The molecular formula is C9H13N2O8PSe. The number of hydrogen-bond donors (Lipinski definition) is 4. The maximum atomic E-state index is 11.7. The molecule has 1 aliphatic rings. The molecule has 3 atom stereocenters. The Kier molecular flexibility index (Phi) is 4.86. The second kappa shape index (κ2) is 6.15. The van der Waals surface area contributed by atoms with Crippen LogP contribution in [0.15, 0.2) is 15.8 Å². The van der Waals surface area contributed by atoms with E-state index in [0.717, 1.165) is 4.57 Å². The molecule has 2 heterocycles. The third kappa shape index (κ3) is 4.12. The third-order valence-corrected chi connectivity index (χ3v) is 4.02. The number of nitrogens with zero attached hydrogens (tertiary/aromatic N) is 1. The van der Waals surface area contributed by atoms with Crippen LogP contribution in [0.4, 0.5) is 0 Å². The Balaban J connectivity index is 2.14. The van der Waals surface area contributed by atoms with Crippen LogP contribution >= 0.6 is 7.82 Å². The SMILES string of the molecule is O=c1[nH]c(=O)n([C@H]2C[C@H](O)[C@@H](COP(=O)(O)O)O2)cc1[SeH]. The number of H-pyrrole nitrogens is 1. The standard InChI is InChI=1S/C9H13N2O8PSe/c12-4-1-7(19-5(4)3-18-20(15,16)17)11-2-6(21)8(13)10-9(11)14/h2,4-5,7,12,21H,1,3H2,(H,10,13,14)(H2,15,16,17)/t4-,5+,7+/m0/s1. The quantitative estimate of drug-likeness (QED) is 0.312. The molecule has 1 aliphatic heterocycles. The Morgan fingerprint density at radius 1 is 1.52 bits per heavy atom. The van der Waals surface area contributed by atoms with E-state index in [-0.39, 0.29) is 10.9 Å². The van der Waals surface area contributed by atoms with Crippen molar-refractivity contribution in [3.05, 3.63) is 27.0 Å².